The highest BCUT2D eigenvalue weighted by molar-refractivity contribution is 7.08. The molecule has 2 atom stereocenters. The van der Waals surface area contributed by atoms with Gasteiger partial charge in [-0.05, 0) is 71.5 Å². The number of carbonyl (C=O) groups excluding carboxylic acids is 2. The highest BCUT2D eigenvalue weighted by Gasteiger charge is 2.28. The van der Waals surface area contributed by atoms with Gasteiger partial charge < -0.3 is 10.1 Å². The van der Waals surface area contributed by atoms with E-state index in [1.54, 1.807) is 13.0 Å². The molecule has 0 saturated carbocycles. The molecule has 1 amide bonds. The molecule has 2 aromatic carbocycles. The van der Waals surface area contributed by atoms with Crippen molar-refractivity contribution in [2.45, 2.75) is 31.7 Å². The van der Waals surface area contributed by atoms with E-state index >= 15 is 0 Å². The summed E-state index contributed by atoms with van der Waals surface area (Å²) in [6.07, 6.45) is 2.09. The summed E-state index contributed by atoms with van der Waals surface area (Å²) in [5, 5.41) is 17.2. The first kappa shape index (κ1) is 25.5. The fourth-order valence-corrected chi connectivity index (χ4v) is 4.84. The number of aromatic amines is 1. The van der Waals surface area contributed by atoms with Gasteiger partial charge >= 0.3 is 5.97 Å². The van der Waals surface area contributed by atoms with E-state index < -0.39 is 17.9 Å². The summed E-state index contributed by atoms with van der Waals surface area (Å²) in [6.45, 7) is 2.02. The molecule has 2 N–H and O–H groups in total. The van der Waals surface area contributed by atoms with Crippen molar-refractivity contribution in [3.63, 3.8) is 0 Å². The third-order valence-electron chi connectivity index (χ3n) is 5.70. The van der Waals surface area contributed by atoms with Crippen LogP contribution in [0.1, 0.15) is 40.9 Å². The van der Waals surface area contributed by atoms with Crippen molar-refractivity contribution >= 4 is 34.8 Å². The predicted octanol–water partition coefficient (Wildman–Crippen LogP) is 5.40. The summed E-state index contributed by atoms with van der Waals surface area (Å²) in [6, 6.07) is 13.2. The highest BCUT2D eigenvalue weighted by atomic mass is 35.5. The van der Waals surface area contributed by atoms with Gasteiger partial charge in [0, 0.05) is 16.6 Å². The molecule has 186 valence electrons. The summed E-state index contributed by atoms with van der Waals surface area (Å²) >= 11 is 7.53. The largest absolute Gasteiger partial charge is 0.466 e. The molecule has 0 aliphatic carbocycles. The first-order valence-electron chi connectivity index (χ1n) is 11.3. The fourth-order valence-electron chi connectivity index (χ4n) is 3.96. The number of benzene rings is 2. The second-order valence-corrected chi connectivity index (χ2v) is 9.36. The fraction of sp³-hybridized carbons (Fsp3) is 0.231. The van der Waals surface area contributed by atoms with Crippen molar-refractivity contribution in [1.29, 1.82) is 0 Å². The molecule has 4 rings (SSSR count). The molecule has 0 radical (unpaired) electrons. The zero-order chi connectivity index (χ0) is 25.5. The number of aromatic nitrogens is 3. The number of carbonyl (C=O) groups is 2. The molecule has 0 spiro atoms. The lowest BCUT2D eigenvalue weighted by atomic mass is 9.90. The normalized spacial score (nSPS) is 12.6. The summed E-state index contributed by atoms with van der Waals surface area (Å²) in [5.41, 5.74) is 2.98. The average molecular weight is 527 g/mol. The number of hydrogen-bond acceptors (Lipinski definition) is 6. The van der Waals surface area contributed by atoms with E-state index in [0.29, 0.717) is 29.0 Å². The van der Waals surface area contributed by atoms with Gasteiger partial charge in [0.15, 0.2) is 5.69 Å². The van der Waals surface area contributed by atoms with E-state index in [0.717, 1.165) is 11.1 Å². The number of nitrogens with zero attached hydrogens (tertiary/aromatic N) is 2. The van der Waals surface area contributed by atoms with E-state index in [1.807, 2.05) is 41.1 Å². The van der Waals surface area contributed by atoms with Crippen LogP contribution >= 0.6 is 22.9 Å². The lowest BCUT2D eigenvalue weighted by molar-refractivity contribution is -0.145. The Labute approximate surface area is 216 Å². The van der Waals surface area contributed by atoms with Crippen LogP contribution in [0, 0.1) is 5.82 Å². The number of ether oxygens (including phenoxy) is 1. The molecule has 0 aliphatic heterocycles. The smallest absolute Gasteiger partial charge is 0.313 e. The van der Waals surface area contributed by atoms with Crippen LogP contribution < -0.4 is 5.32 Å². The Kier molecular flexibility index (Phi) is 8.45. The second kappa shape index (κ2) is 11.9. The Balaban J connectivity index is 1.58. The molecule has 7 nitrogen and oxygen atoms in total. The number of H-pyrrole nitrogens is 1. The van der Waals surface area contributed by atoms with Crippen LogP contribution in [-0.2, 0) is 16.0 Å². The van der Waals surface area contributed by atoms with E-state index in [1.165, 1.54) is 29.7 Å². The Hall–Kier alpha value is -3.56. The minimum atomic E-state index is -0.543. The lowest BCUT2D eigenvalue weighted by Gasteiger charge is -2.23. The van der Waals surface area contributed by atoms with Gasteiger partial charge in [-0.25, -0.2) is 4.39 Å². The van der Waals surface area contributed by atoms with Crippen LogP contribution in [0.3, 0.4) is 0 Å². The Morgan fingerprint density at radius 2 is 2.00 bits per heavy atom. The van der Waals surface area contributed by atoms with E-state index in [9.17, 15) is 14.0 Å². The molecule has 2 aromatic heterocycles. The van der Waals surface area contributed by atoms with Crippen molar-refractivity contribution in [2.24, 2.45) is 0 Å². The van der Waals surface area contributed by atoms with Crippen LogP contribution in [0.5, 0.6) is 0 Å². The third kappa shape index (κ3) is 6.35. The number of halogens is 2. The molecule has 0 saturated heterocycles. The first-order valence-corrected chi connectivity index (χ1v) is 12.7. The van der Waals surface area contributed by atoms with Gasteiger partial charge in [0.1, 0.15) is 5.82 Å². The second-order valence-electron chi connectivity index (χ2n) is 8.15. The number of nitrogens with one attached hydrogen (secondary N) is 2. The van der Waals surface area contributed by atoms with E-state index in [-0.39, 0.29) is 24.1 Å². The van der Waals surface area contributed by atoms with Crippen molar-refractivity contribution < 1.29 is 18.7 Å². The Morgan fingerprint density at radius 3 is 2.67 bits per heavy atom. The molecular formula is C26H24ClFN4O3S. The quantitative estimate of drug-likeness (QED) is 0.269. The van der Waals surface area contributed by atoms with Crippen LogP contribution in [0.25, 0.3) is 11.1 Å². The molecular weight excluding hydrogens is 503 g/mol. The maximum Gasteiger partial charge on any atom is 0.313 e. The number of hydrogen-bond donors (Lipinski definition) is 2. The van der Waals surface area contributed by atoms with Crippen LogP contribution in [0.15, 0.2) is 65.5 Å². The molecule has 0 aliphatic rings. The number of amides is 1. The van der Waals surface area contributed by atoms with Crippen molar-refractivity contribution in [3.05, 3.63) is 93.1 Å². The number of rotatable bonds is 10. The summed E-state index contributed by atoms with van der Waals surface area (Å²) < 4.78 is 19.6. The van der Waals surface area contributed by atoms with Gasteiger partial charge in [-0.3, -0.25) is 9.59 Å². The molecule has 36 heavy (non-hydrogen) atoms. The number of thiophene rings is 1. The maximum absolute atomic E-state index is 14.3. The molecule has 0 fully saturated rings. The third-order valence-corrected chi connectivity index (χ3v) is 6.63. The molecule has 4 aromatic rings. The lowest BCUT2D eigenvalue weighted by Crippen LogP contribution is -2.39. The minimum Gasteiger partial charge on any atom is -0.466 e. The molecule has 10 heteroatoms. The van der Waals surface area contributed by atoms with Gasteiger partial charge in [-0.15, -0.1) is 0 Å². The Morgan fingerprint density at radius 1 is 1.19 bits per heavy atom. The topological polar surface area (TPSA) is 97.0 Å². The number of esters is 1. The van der Waals surface area contributed by atoms with E-state index in [2.05, 4.69) is 20.7 Å². The van der Waals surface area contributed by atoms with Crippen molar-refractivity contribution in [3.8, 4) is 11.1 Å². The molecule has 2 unspecified atom stereocenters. The summed E-state index contributed by atoms with van der Waals surface area (Å²) in [5.74, 6) is -1.65. The zero-order valence-electron chi connectivity index (χ0n) is 19.4. The Bertz CT molecular complexity index is 1300. The van der Waals surface area contributed by atoms with E-state index in [4.69, 9.17) is 16.3 Å². The molecule has 0 bridgehead atoms. The van der Waals surface area contributed by atoms with Crippen LogP contribution in [0.2, 0.25) is 5.02 Å². The van der Waals surface area contributed by atoms with Gasteiger partial charge in [0.25, 0.3) is 5.91 Å². The van der Waals surface area contributed by atoms with Gasteiger partial charge in [0.05, 0.1) is 18.7 Å². The van der Waals surface area contributed by atoms with Gasteiger partial charge in [-0.1, -0.05) is 35.9 Å². The summed E-state index contributed by atoms with van der Waals surface area (Å²) in [7, 11) is 0. The van der Waals surface area contributed by atoms with Gasteiger partial charge in [-0.2, -0.15) is 26.7 Å². The minimum absolute atomic E-state index is 0.148. The monoisotopic (exact) mass is 526 g/mol. The van der Waals surface area contributed by atoms with Gasteiger partial charge in [0.2, 0.25) is 0 Å². The average Bonchev–Trinajstić information content (AvgIpc) is 3.59. The summed E-state index contributed by atoms with van der Waals surface area (Å²) in [4.78, 5) is 25.6. The zero-order valence-corrected chi connectivity index (χ0v) is 21.0. The SMILES string of the molecule is CCOC(=O)C(CC(Cc1ccc(-c2cc(Cl)ccc2F)cc1)NC(=O)c1cn[nH]n1)c1ccsc1. The van der Waals surface area contributed by atoms with Crippen LogP contribution in [0.4, 0.5) is 4.39 Å². The highest BCUT2D eigenvalue weighted by Crippen LogP contribution is 2.29. The predicted molar refractivity (Wildman–Crippen MR) is 136 cm³/mol. The standard InChI is InChI=1S/C26H24ClFN4O3S/c1-2-35-26(34)22(18-9-10-36-15-18)13-20(30-25(33)24-14-29-32-31-24)11-16-3-5-17(6-4-16)21-12-19(27)7-8-23(21)28/h3-10,12,14-15,20,22H,2,11,13H2,1H3,(H,30,33)(H,29,31,32). The first-order chi connectivity index (χ1) is 17.4. The van der Waals surface area contributed by atoms with Crippen molar-refractivity contribution in [2.75, 3.05) is 6.61 Å². The maximum atomic E-state index is 14.3. The van der Waals surface area contributed by atoms with Crippen LogP contribution in [-0.4, -0.2) is 39.9 Å². The molecule has 2 heterocycles. The van der Waals surface area contributed by atoms with Crippen molar-refractivity contribution in [1.82, 2.24) is 20.7 Å².